The Bertz CT molecular complexity index is 749. The van der Waals surface area contributed by atoms with Gasteiger partial charge in [0.25, 0.3) is 0 Å². The molecule has 0 unspecified atom stereocenters. The molecule has 0 aliphatic carbocycles. The number of nitrogens with zero attached hydrogens (tertiary/aromatic N) is 2. The first-order valence-corrected chi connectivity index (χ1v) is 9.30. The number of carbonyl (C=O) groups excluding carboxylic acids is 2. The molecule has 0 radical (unpaired) electrons. The highest BCUT2D eigenvalue weighted by molar-refractivity contribution is 5.89. The molecule has 0 fully saturated rings. The molecule has 2 rings (SSSR count). The van der Waals surface area contributed by atoms with Crippen LogP contribution in [-0.2, 0) is 17.8 Å². The van der Waals surface area contributed by atoms with Gasteiger partial charge in [0.05, 0.1) is 18.7 Å². The molecule has 0 aliphatic heterocycles. The fourth-order valence-electron chi connectivity index (χ4n) is 2.60. The summed E-state index contributed by atoms with van der Waals surface area (Å²) in [7, 11) is 0. The minimum absolute atomic E-state index is 0.103. The minimum Gasteiger partial charge on any atom is -0.359 e. The van der Waals surface area contributed by atoms with Crippen molar-refractivity contribution in [2.75, 3.05) is 18.4 Å². The number of likely N-dealkylation sites (N-methyl/N-ethyl adjacent to an activating group) is 1. The molecule has 0 saturated carbocycles. The zero-order chi connectivity index (χ0) is 19.8. The summed E-state index contributed by atoms with van der Waals surface area (Å²) < 4.78 is 5.19. The number of anilines is 1. The molecule has 0 bridgehead atoms. The summed E-state index contributed by atoms with van der Waals surface area (Å²) in [5, 5.41) is 9.45. The topological polar surface area (TPSA) is 87.5 Å². The molecule has 2 N–H and O–H groups in total. The van der Waals surface area contributed by atoms with Crippen LogP contribution in [0.15, 0.2) is 34.9 Å². The van der Waals surface area contributed by atoms with E-state index in [-0.39, 0.29) is 24.4 Å². The van der Waals surface area contributed by atoms with Crippen LogP contribution in [0.2, 0.25) is 0 Å². The van der Waals surface area contributed by atoms with Gasteiger partial charge in [-0.05, 0) is 37.5 Å². The van der Waals surface area contributed by atoms with Gasteiger partial charge in [-0.15, -0.1) is 0 Å². The first kappa shape index (κ1) is 20.5. The number of hydrogen-bond acceptors (Lipinski definition) is 4. The van der Waals surface area contributed by atoms with Gasteiger partial charge in [-0.1, -0.05) is 31.1 Å². The van der Waals surface area contributed by atoms with Gasteiger partial charge in [0.15, 0.2) is 5.76 Å². The van der Waals surface area contributed by atoms with E-state index in [1.807, 2.05) is 45.9 Å². The maximum Gasteiger partial charge on any atom is 0.319 e. The lowest BCUT2D eigenvalue weighted by Gasteiger charge is -2.18. The van der Waals surface area contributed by atoms with Gasteiger partial charge >= 0.3 is 6.03 Å². The fourth-order valence-corrected chi connectivity index (χ4v) is 2.60. The van der Waals surface area contributed by atoms with Crippen molar-refractivity contribution >= 4 is 17.6 Å². The molecule has 1 aromatic carbocycles. The van der Waals surface area contributed by atoms with Crippen molar-refractivity contribution in [2.24, 2.45) is 0 Å². The molecular weight excluding hydrogens is 344 g/mol. The number of benzene rings is 1. The third kappa shape index (κ3) is 6.13. The van der Waals surface area contributed by atoms with Gasteiger partial charge in [-0.3, -0.25) is 4.79 Å². The monoisotopic (exact) mass is 372 g/mol. The van der Waals surface area contributed by atoms with E-state index in [0.29, 0.717) is 31.0 Å². The maximum atomic E-state index is 12.1. The highest BCUT2D eigenvalue weighted by Crippen LogP contribution is 2.14. The lowest BCUT2D eigenvalue weighted by atomic mass is 10.1. The van der Waals surface area contributed by atoms with Gasteiger partial charge in [-0.2, -0.15) is 0 Å². The van der Waals surface area contributed by atoms with E-state index in [1.165, 1.54) is 0 Å². The van der Waals surface area contributed by atoms with Crippen LogP contribution in [0.4, 0.5) is 10.5 Å². The van der Waals surface area contributed by atoms with Crippen molar-refractivity contribution < 1.29 is 14.1 Å². The van der Waals surface area contributed by atoms with Crippen molar-refractivity contribution in [3.8, 4) is 0 Å². The molecule has 2 aromatic rings. The zero-order valence-electron chi connectivity index (χ0n) is 16.4. The smallest absolute Gasteiger partial charge is 0.319 e. The average molecular weight is 372 g/mol. The summed E-state index contributed by atoms with van der Waals surface area (Å²) in [5.74, 6) is 0.994. The molecule has 0 aliphatic rings. The molecule has 1 aromatic heterocycles. The van der Waals surface area contributed by atoms with E-state index in [0.717, 1.165) is 11.3 Å². The number of nitrogens with one attached hydrogen (secondary N) is 2. The fraction of sp³-hybridized carbons (Fsp3) is 0.450. The molecule has 0 atom stereocenters. The van der Waals surface area contributed by atoms with Crippen LogP contribution in [0.25, 0.3) is 0 Å². The second kappa shape index (κ2) is 9.75. The summed E-state index contributed by atoms with van der Waals surface area (Å²) >= 11 is 0. The Balaban J connectivity index is 1.82. The van der Waals surface area contributed by atoms with Crippen LogP contribution < -0.4 is 10.6 Å². The standard InChI is InChI=1S/C20H28N4O3/c1-5-24(6-2)19(25)11-15-7-9-16(10-8-15)22-20(26)21-13-17-12-18(14(3)4)23-27-17/h7-10,12,14H,5-6,11,13H2,1-4H3,(H2,21,22,26). The van der Waals surface area contributed by atoms with Gasteiger partial charge in [0.1, 0.15) is 0 Å². The van der Waals surface area contributed by atoms with Gasteiger partial charge in [-0.25, -0.2) is 4.79 Å². The van der Waals surface area contributed by atoms with E-state index in [2.05, 4.69) is 15.8 Å². The molecule has 146 valence electrons. The van der Waals surface area contributed by atoms with Gasteiger partial charge in [0, 0.05) is 24.8 Å². The molecule has 1 heterocycles. The number of carbonyl (C=O) groups is 2. The van der Waals surface area contributed by atoms with Crippen LogP contribution in [0, 0.1) is 0 Å². The average Bonchev–Trinajstić information content (AvgIpc) is 3.12. The number of rotatable bonds is 8. The Morgan fingerprint density at radius 3 is 2.37 bits per heavy atom. The molecule has 0 saturated heterocycles. The number of amides is 3. The molecule has 7 heteroatoms. The molecular formula is C20H28N4O3. The lowest BCUT2D eigenvalue weighted by Crippen LogP contribution is -2.31. The number of urea groups is 1. The van der Waals surface area contributed by atoms with E-state index in [4.69, 9.17) is 4.52 Å². The highest BCUT2D eigenvalue weighted by atomic mass is 16.5. The quantitative estimate of drug-likeness (QED) is 0.742. The third-order valence-electron chi connectivity index (χ3n) is 4.28. The normalized spacial score (nSPS) is 10.7. The second-order valence-corrected chi connectivity index (χ2v) is 6.62. The van der Waals surface area contributed by atoms with E-state index in [1.54, 1.807) is 17.0 Å². The minimum atomic E-state index is -0.329. The van der Waals surface area contributed by atoms with Crippen LogP contribution in [0.5, 0.6) is 0 Å². The second-order valence-electron chi connectivity index (χ2n) is 6.62. The molecule has 27 heavy (non-hydrogen) atoms. The Labute approximate surface area is 160 Å². The summed E-state index contributed by atoms with van der Waals surface area (Å²) in [6.07, 6.45) is 0.359. The van der Waals surface area contributed by atoms with Crippen molar-refractivity contribution in [2.45, 2.75) is 46.6 Å². The van der Waals surface area contributed by atoms with E-state index in [9.17, 15) is 9.59 Å². The Morgan fingerprint density at radius 1 is 1.15 bits per heavy atom. The summed E-state index contributed by atoms with van der Waals surface area (Å²) in [6.45, 7) is 9.67. The number of hydrogen-bond donors (Lipinski definition) is 2. The molecule has 7 nitrogen and oxygen atoms in total. The third-order valence-corrected chi connectivity index (χ3v) is 4.28. The highest BCUT2D eigenvalue weighted by Gasteiger charge is 2.11. The predicted molar refractivity (Wildman–Crippen MR) is 105 cm³/mol. The Morgan fingerprint density at radius 2 is 1.81 bits per heavy atom. The summed E-state index contributed by atoms with van der Waals surface area (Å²) in [6, 6.07) is 8.78. The van der Waals surface area contributed by atoms with E-state index >= 15 is 0 Å². The SMILES string of the molecule is CCN(CC)C(=O)Cc1ccc(NC(=O)NCc2cc(C(C)C)no2)cc1. The summed E-state index contributed by atoms with van der Waals surface area (Å²) in [5.41, 5.74) is 2.44. The van der Waals surface area contributed by atoms with Crippen molar-refractivity contribution in [3.05, 3.63) is 47.3 Å². The first-order chi connectivity index (χ1) is 12.9. The van der Waals surface area contributed by atoms with Crippen LogP contribution in [0.1, 0.15) is 50.6 Å². The van der Waals surface area contributed by atoms with Crippen molar-refractivity contribution in [1.29, 1.82) is 0 Å². The maximum absolute atomic E-state index is 12.1. The predicted octanol–water partition coefficient (Wildman–Crippen LogP) is 3.53. The largest absolute Gasteiger partial charge is 0.359 e. The van der Waals surface area contributed by atoms with Gasteiger partial charge in [0.2, 0.25) is 5.91 Å². The zero-order valence-corrected chi connectivity index (χ0v) is 16.4. The lowest BCUT2D eigenvalue weighted by molar-refractivity contribution is -0.130. The van der Waals surface area contributed by atoms with Crippen LogP contribution >= 0.6 is 0 Å². The summed E-state index contributed by atoms with van der Waals surface area (Å²) in [4.78, 5) is 25.9. The first-order valence-electron chi connectivity index (χ1n) is 9.30. The number of aromatic nitrogens is 1. The van der Waals surface area contributed by atoms with Crippen LogP contribution in [0.3, 0.4) is 0 Å². The van der Waals surface area contributed by atoms with Gasteiger partial charge < -0.3 is 20.1 Å². The van der Waals surface area contributed by atoms with Crippen LogP contribution in [-0.4, -0.2) is 35.1 Å². The molecule has 0 spiro atoms. The van der Waals surface area contributed by atoms with Crippen molar-refractivity contribution in [3.63, 3.8) is 0 Å². The van der Waals surface area contributed by atoms with Crippen molar-refractivity contribution in [1.82, 2.24) is 15.4 Å². The molecule has 3 amide bonds. The Kier molecular flexibility index (Phi) is 7.40. The van der Waals surface area contributed by atoms with E-state index < -0.39 is 0 Å². The Hall–Kier alpha value is -2.83.